The minimum Gasteiger partial charge on any atom is -0.492 e. The summed E-state index contributed by atoms with van der Waals surface area (Å²) in [5.41, 5.74) is 2.15. The summed E-state index contributed by atoms with van der Waals surface area (Å²) >= 11 is 1.19. The van der Waals surface area contributed by atoms with Crippen molar-refractivity contribution in [3.63, 3.8) is 0 Å². The van der Waals surface area contributed by atoms with E-state index in [1.165, 1.54) is 11.8 Å². The first-order valence-electron chi connectivity index (χ1n) is 9.78. The number of carbonyl (C=O) groups is 1. The fourth-order valence-corrected chi connectivity index (χ4v) is 3.90. The standard InChI is InChI=1S/C23H21N3O4S/c1-3-28-19-12-8-7-11-18(19)24-21(27)20(16-9-5-4-6-10-16)31-23-26-25-22(30-23)17-13-14-29-15(17)2/h4-14,20H,3H2,1-2H3,(H,24,27). The van der Waals surface area contributed by atoms with Crippen molar-refractivity contribution in [2.45, 2.75) is 24.3 Å². The first-order valence-corrected chi connectivity index (χ1v) is 10.7. The summed E-state index contributed by atoms with van der Waals surface area (Å²) in [6.45, 7) is 4.22. The largest absolute Gasteiger partial charge is 0.492 e. The van der Waals surface area contributed by atoms with Crippen molar-refractivity contribution in [1.29, 1.82) is 0 Å². The number of nitrogens with zero attached hydrogens (tertiary/aromatic N) is 2. The number of aryl methyl sites for hydroxylation is 1. The van der Waals surface area contributed by atoms with Gasteiger partial charge in [-0.15, -0.1) is 10.2 Å². The summed E-state index contributed by atoms with van der Waals surface area (Å²) in [4.78, 5) is 13.3. The molecule has 1 amide bonds. The van der Waals surface area contributed by atoms with E-state index in [4.69, 9.17) is 13.6 Å². The normalized spacial score (nSPS) is 11.8. The number of furan rings is 1. The maximum Gasteiger partial charge on any atom is 0.277 e. The fourth-order valence-electron chi connectivity index (χ4n) is 3.02. The van der Waals surface area contributed by atoms with Crippen LogP contribution in [0, 0.1) is 6.92 Å². The van der Waals surface area contributed by atoms with Crippen molar-refractivity contribution in [2.24, 2.45) is 0 Å². The van der Waals surface area contributed by atoms with Crippen molar-refractivity contribution < 1.29 is 18.4 Å². The van der Waals surface area contributed by atoms with Crippen LogP contribution in [0.15, 0.2) is 81.0 Å². The molecule has 1 unspecified atom stereocenters. The van der Waals surface area contributed by atoms with E-state index in [1.54, 1.807) is 12.3 Å². The van der Waals surface area contributed by atoms with E-state index in [0.717, 1.165) is 11.1 Å². The zero-order valence-electron chi connectivity index (χ0n) is 17.1. The van der Waals surface area contributed by atoms with Crippen LogP contribution in [-0.4, -0.2) is 22.7 Å². The molecule has 0 spiro atoms. The van der Waals surface area contributed by atoms with E-state index < -0.39 is 5.25 Å². The Bertz CT molecular complexity index is 1160. The Kier molecular flexibility index (Phi) is 6.37. The van der Waals surface area contributed by atoms with Crippen LogP contribution in [0.5, 0.6) is 5.75 Å². The summed E-state index contributed by atoms with van der Waals surface area (Å²) in [5, 5.41) is 10.9. The summed E-state index contributed by atoms with van der Waals surface area (Å²) < 4.78 is 16.7. The lowest BCUT2D eigenvalue weighted by molar-refractivity contribution is -0.115. The van der Waals surface area contributed by atoms with Crippen LogP contribution in [0.1, 0.15) is 23.5 Å². The lowest BCUT2D eigenvalue weighted by Gasteiger charge is -2.17. The van der Waals surface area contributed by atoms with Gasteiger partial charge < -0.3 is 18.9 Å². The Labute approximate surface area is 183 Å². The van der Waals surface area contributed by atoms with Gasteiger partial charge in [-0.1, -0.05) is 42.5 Å². The number of aromatic nitrogens is 2. The van der Waals surface area contributed by atoms with Crippen LogP contribution in [0.4, 0.5) is 5.69 Å². The third kappa shape index (κ3) is 4.80. The minimum absolute atomic E-state index is 0.220. The fraction of sp³-hybridized carbons (Fsp3) is 0.174. The quantitative estimate of drug-likeness (QED) is 0.365. The summed E-state index contributed by atoms with van der Waals surface area (Å²) in [6, 6.07) is 18.6. The third-order valence-corrected chi connectivity index (χ3v) is 5.59. The van der Waals surface area contributed by atoms with Crippen LogP contribution in [0.25, 0.3) is 11.5 Å². The molecule has 8 heteroatoms. The lowest BCUT2D eigenvalue weighted by Crippen LogP contribution is -2.19. The number of hydrogen-bond acceptors (Lipinski definition) is 7. The molecule has 0 radical (unpaired) electrons. The number of nitrogens with one attached hydrogen (secondary N) is 1. The highest BCUT2D eigenvalue weighted by Crippen LogP contribution is 2.37. The van der Waals surface area contributed by atoms with Crippen LogP contribution in [0.3, 0.4) is 0 Å². The van der Waals surface area contributed by atoms with E-state index >= 15 is 0 Å². The van der Waals surface area contributed by atoms with Gasteiger partial charge in [0.1, 0.15) is 16.8 Å². The molecule has 0 aliphatic rings. The highest BCUT2D eigenvalue weighted by Gasteiger charge is 2.26. The van der Waals surface area contributed by atoms with Gasteiger partial charge in [-0.05, 0) is 49.4 Å². The van der Waals surface area contributed by atoms with E-state index in [2.05, 4.69) is 15.5 Å². The molecule has 0 aliphatic heterocycles. The van der Waals surface area contributed by atoms with Crippen molar-refractivity contribution in [3.8, 4) is 17.2 Å². The zero-order chi connectivity index (χ0) is 21.6. The molecular weight excluding hydrogens is 414 g/mol. The van der Waals surface area contributed by atoms with Crippen LogP contribution >= 0.6 is 11.8 Å². The number of rotatable bonds is 8. The maximum atomic E-state index is 13.3. The van der Waals surface area contributed by atoms with Gasteiger partial charge in [-0.25, -0.2) is 0 Å². The van der Waals surface area contributed by atoms with E-state index in [1.807, 2.05) is 68.4 Å². The minimum atomic E-state index is -0.602. The Balaban J connectivity index is 1.59. The number of hydrogen-bond donors (Lipinski definition) is 1. The van der Waals surface area contributed by atoms with Crippen LogP contribution in [0.2, 0.25) is 0 Å². The summed E-state index contributed by atoms with van der Waals surface area (Å²) in [7, 11) is 0. The third-order valence-electron chi connectivity index (χ3n) is 4.50. The molecule has 2 heterocycles. The summed E-state index contributed by atoms with van der Waals surface area (Å²) in [5.74, 6) is 1.43. The second-order valence-corrected chi connectivity index (χ2v) is 7.65. The first-order chi connectivity index (χ1) is 15.2. The highest BCUT2D eigenvalue weighted by molar-refractivity contribution is 8.00. The molecule has 2 aromatic carbocycles. The molecule has 0 bridgehead atoms. The maximum absolute atomic E-state index is 13.3. The zero-order valence-corrected chi connectivity index (χ0v) is 17.9. The molecule has 0 aliphatic carbocycles. The van der Waals surface area contributed by atoms with Crippen LogP contribution < -0.4 is 10.1 Å². The predicted molar refractivity (Wildman–Crippen MR) is 118 cm³/mol. The van der Waals surface area contributed by atoms with Gasteiger partial charge in [0.25, 0.3) is 11.1 Å². The predicted octanol–water partition coefficient (Wildman–Crippen LogP) is 5.51. The molecule has 31 heavy (non-hydrogen) atoms. The average Bonchev–Trinajstić information content (AvgIpc) is 3.42. The average molecular weight is 436 g/mol. The van der Waals surface area contributed by atoms with E-state index in [9.17, 15) is 4.79 Å². The molecule has 1 N–H and O–H groups in total. The van der Waals surface area contributed by atoms with Gasteiger partial charge >= 0.3 is 0 Å². The number of para-hydroxylation sites is 2. The SMILES string of the molecule is CCOc1ccccc1NC(=O)C(Sc1nnc(-c2ccoc2C)o1)c1ccccc1. The van der Waals surface area contributed by atoms with Crippen molar-refractivity contribution in [3.05, 3.63) is 78.3 Å². The smallest absolute Gasteiger partial charge is 0.277 e. The number of thioether (sulfide) groups is 1. The second kappa shape index (κ2) is 9.53. The van der Waals surface area contributed by atoms with E-state index in [0.29, 0.717) is 29.7 Å². The molecule has 1 atom stereocenters. The molecule has 2 aromatic heterocycles. The van der Waals surface area contributed by atoms with E-state index in [-0.39, 0.29) is 11.1 Å². The number of amides is 1. The Morgan fingerprint density at radius 1 is 1.10 bits per heavy atom. The number of anilines is 1. The Hall–Kier alpha value is -3.52. The van der Waals surface area contributed by atoms with Gasteiger partial charge in [0.05, 0.1) is 24.1 Å². The van der Waals surface area contributed by atoms with Crippen molar-refractivity contribution >= 4 is 23.4 Å². The van der Waals surface area contributed by atoms with Crippen LogP contribution in [-0.2, 0) is 4.79 Å². The molecule has 158 valence electrons. The topological polar surface area (TPSA) is 90.4 Å². The van der Waals surface area contributed by atoms with Gasteiger partial charge in [-0.2, -0.15) is 0 Å². The van der Waals surface area contributed by atoms with Gasteiger partial charge in [-0.3, -0.25) is 4.79 Å². The number of ether oxygens (including phenoxy) is 1. The molecular formula is C23H21N3O4S. The molecule has 0 saturated carbocycles. The van der Waals surface area contributed by atoms with Gasteiger partial charge in [0, 0.05) is 0 Å². The Morgan fingerprint density at radius 3 is 2.61 bits per heavy atom. The van der Waals surface area contributed by atoms with Crippen molar-refractivity contribution in [2.75, 3.05) is 11.9 Å². The highest BCUT2D eigenvalue weighted by atomic mass is 32.2. The molecule has 0 fully saturated rings. The van der Waals surface area contributed by atoms with Gasteiger partial charge in [0.2, 0.25) is 5.91 Å². The summed E-state index contributed by atoms with van der Waals surface area (Å²) in [6.07, 6.45) is 1.57. The molecule has 0 saturated heterocycles. The number of carbonyl (C=O) groups excluding carboxylic acids is 1. The van der Waals surface area contributed by atoms with Gasteiger partial charge in [0.15, 0.2) is 0 Å². The monoisotopic (exact) mass is 435 g/mol. The van der Waals surface area contributed by atoms with Crippen molar-refractivity contribution in [1.82, 2.24) is 10.2 Å². The molecule has 7 nitrogen and oxygen atoms in total. The first kappa shape index (κ1) is 20.7. The second-order valence-electron chi connectivity index (χ2n) is 6.59. The molecule has 4 aromatic rings. The lowest BCUT2D eigenvalue weighted by atomic mass is 10.1. The Morgan fingerprint density at radius 2 is 1.87 bits per heavy atom. The molecule has 4 rings (SSSR count). The number of benzene rings is 2.